The fourth-order valence-electron chi connectivity index (χ4n) is 2.64. The molecule has 0 aromatic carbocycles. The standard InChI is InChI=1S/C13H20BrN3O2/c1-3-9-12(14)11(16(2)15-9)8-17-7-5-4-6-10(17)13(18)19/h10H,3-8H2,1-2H3,(H,18,19). The molecule has 0 amide bonds. The minimum absolute atomic E-state index is 0.361. The number of carboxylic acids is 1. The predicted octanol–water partition coefficient (Wildman–Crippen LogP) is 2.18. The Bertz CT molecular complexity index is 473. The fourth-order valence-corrected chi connectivity index (χ4v) is 3.39. The number of carbonyl (C=O) groups is 1. The quantitative estimate of drug-likeness (QED) is 0.919. The average molecular weight is 330 g/mol. The molecule has 1 N–H and O–H groups in total. The number of aliphatic carboxylic acids is 1. The van der Waals surface area contributed by atoms with Crippen LogP contribution in [0.2, 0.25) is 0 Å². The molecule has 5 nitrogen and oxygen atoms in total. The van der Waals surface area contributed by atoms with Gasteiger partial charge in [0.15, 0.2) is 0 Å². The van der Waals surface area contributed by atoms with Crippen LogP contribution in [0.5, 0.6) is 0 Å². The van der Waals surface area contributed by atoms with Crippen LogP contribution in [-0.2, 0) is 24.8 Å². The summed E-state index contributed by atoms with van der Waals surface area (Å²) < 4.78 is 2.88. The summed E-state index contributed by atoms with van der Waals surface area (Å²) in [4.78, 5) is 13.4. The van der Waals surface area contributed by atoms with E-state index in [1.54, 1.807) is 0 Å². The molecule has 19 heavy (non-hydrogen) atoms. The first-order valence-corrected chi connectivity index (χ1v) is 7.51. The second kappa shape index (κ2) is 6.05. The first-order valence-electron chi connectivity index (χ1n) is 6.71. The Hall–Kier alpha value is -0.880. The third-order valence-electron chi connectivity index (χ3n) is 3.75. The maximum Gasteiger partial charge on any atom is 0.320 e. The summed E-state index contributed by atoms with van der Waals surface area (Å²) in [7, 11) is 1.92. The van der Waals surface area contributed by atoms with E-state index >= 15 is 0 Å². The molecule has 106 valence electrons. The molecular weight excluding hydrogens is 310 g/mol. The van der Waals surface area contributed by atoms with Crippen molar-refractivity contribution >= 4 is 21.9 Å². The van der Waals surface area contributed by atoms with Gasteiger partial charge in [-0.2, -0.15) is 5.10 Å². The van der Waals surface area contributed by atoms with Gasteiger partial charge in [-0.1, -0.05) is 13.3 Å². The van der Waals surface area contributed by atoms with Crippen molar-refractivity contribution in [3.63, 3.8) is 0 Å². The number of aromatic nitrogens is 2. The number of hydrogen-bond donors (Lipinski definition) is 1. The van der Waals surface area contributed by atoms with Gasteiger partial charge >= 0.3 is 5.97 Å². The highest BCUT2D eigenvalue weighted by Gasteiger charge is 2.29. The molecule has 1 unspecified atom stereocenters. The number of nitrogens with zero attached hydrogens (tertiary/aromatic N) is 3. The number of piperidine rings is 1. The van der Waals surface area contributed by atoms with Crippen LogP contribution in [0.1, 0.15) is 37.6 Å². The van der Waals surface area contributed by atoms with Gasteiger partial charge in [-0.25, -0.2) is 0 Å². The zero-order valence-electron chi connectivity index (χ0n) is 11.4. The Labute approximate surface area is 121 Å². The van der Waals surface area contributed by atoms with Gasteiger partial charge in [0, 0.05) is 13.6 Å². The van der Waals surface area contributed by atoms with Crippen molar-refractivity contribution in [1.82, 2.24) is 14.7 Å². The summed E-state index contributed by atoms with van der Waals surface area (Å²) in [5.41, 5.74) is 2.09. The topological polar surface area (TPSA) is 58.4 Å². The van der Waals surface area contributed by atoms with Crippen LogP contribution in [-0.4, -0.2) is 38.3 Å². The summed E-state index contributed by atoms with van der Waals surface area (Å²) in [5, 5.41) is 13.8. The molecule has 0 bridgehead atoms. The Kier molecular flexibility index (Phi) is 4.62. The lowest BCUT2D eigenvalue weighted by molar-refractivity contribution is -0.144. The number of halogens is 1. The molecular formula is C13H20BrN3O2. The maximum atomic E-state index is 11.3. The first kappa shape index (κ1) is 14.5. The number of rotatable bonds is 4. The Morgan fingerprint density at radius 1 is 1.53 bits per heavy atom. The molecule has 0 radical (unpaired) electrons. The van der Waals surface area contributed by atoms with Crippen molar-refractivity contribution < 1.29 is 9.90 Å². The lowest BCUT2D eigenvalue weighted by atomic mass is 10.0. The maximum absolute atomic E-state index is 11.3. The minimum Gasteiger partial charge on any atom is -0.480 e. The molecule has 1 aromatic heterocycles. The third-order valence-corrected chi connectivity index (χ3v) is 4.67. The summed E-state index contributed by atoms with van der Waals surface area (Å²) in [6.07, 6.45) is 3.68. The molecule has 1 fully saturated rings. The largest absolute Gasteiger partial charge is 0.480 e. The van der Waals surface area contributed by atoms with Crippen LogP contribution < -0.4 is 0 Å². The summed E-state index contributed by atoms with van der Waals surface area (Å²) in [6.45, 7) is 3.55. The summed E-state index contributed by atoms with van der Waals surface area (Å²) in [6, 6.07) is -0.361. The van der Waals surface area contributed by atoms with Crippen LogP contribution in [0.25, 0.3) is 0 Å². The molecule has 2 heterocycles. The number of likely N-dealkylation sites (tertiary alicyclic amines) is 1. The van der Waals surface area contributed by atoms with Gasteiger partial charge in [-0.05, 0) is 41.7 Å². The molecule has 1 aliphatic rings. The predicted molar refractivity (Wildman–Crippen MR) is 76.0 cm³/mol. The van der Waals surface area contributed by atoms with Crippen molar-refractivity contribution in [2.45, 2.75) is 45.2 Å². The van der Waals surface area contributed by atoms with Crippen LogP contribution in [0, 0.1) is 0 Å². The van der Waals surface area contributed by atoms with Gasteiger partial charge in [0.1, 0.15) is 6.04 Å². The van der Waals surface area contributed by atoms with Crippen LogP contribution in [0.3, 0.4) is 0 Å². The van der Waals surface area contributed by atoms with E-state index in [4.69, 9.17) is 0 Å². The molecule has 1 aromatic rings. The summed E-state index contributed by atoms with van der Waals surface area (Å²) >= 11 is 3.59. The van der Waals surface area contributed by atoms with Gasteiger partial charge in [0.25, 0.3) is 0 Å². The zero-order chi connectivity index (χ0) is 14.0. The van der Waals surface area contributed by atoms with Crippen molar-refractivity contribution in [3.8, 4) is 0 Å². The Morgan fingerprint density at radius 2 is 2.26 bits per heavy atom. The lowest BCUT2D eigenvalue weighted by Gasteiger charge is -2.32. The third kappa shape index (κ3) is 3.00. The van der Waals surface area contributed by atoms with E-state index in [9.17, 15) is 9.90 Å². The van der Waals surface area contributed by atoms with E-state index in [0.29, 0.717) is 6.54 Å². The average Bonchev–Trinajstić information content (AvgIpc) is 2.66. The molecule has 6 heteroatoms. The highest BCUT2D eigenvalue weighted by molar-refractivity contribution is 9.10. The van der Waals surface area contributed by atoms with E-state index in [-0.39, 0.29) is 6.04 Å². The Balaban J connectivity index is 2.19. The second-order valence-electron chi connectivity index (χ2n) is 5.00. The lowest BCUT2D eigenvalue weighted by Crippen LogP contribution is -2.44. The van der Waals surface area contributed by atoms with Gasteiger partial charge < -0.3 is 5.11 Å². The van der Waals surface area contributed by atoms with Gasteiger partial charge in [0.2, 0.25) is 0 Å². The fraction of sp³-hybridized carbons (Fsp3) is 0.692. The highest BCUT2D eigenvalue weighted by atomic mass is 79.9. The molecule has 0 saturated carbocycles. The normalized spacial score (nSPS) is 20.7. The van der Waals surface area contributed by atoms with E-state index in [2.05, 4.69) is 28.0 Å². The van der Waals surface area contributed by atoms with E-state index < -0.39 is 5.97 Å². The van der Waals surface area contributed by atoms with Crippen molar-refractivity contribution in [1.29, 1.82) is 0 Å². The SMILES string of the molecule is CCc1nn(C)c(CN2CCCCC2C(=O)O)c1Br. The van der Waals surface area contributed by atoms with Crippen molar-refractivity contribution in [3.05, 3.63) is 15.9 Å². The number of aryl methyl sites for hydroxylation is 2. The van der Waals surface area contributed by atoms with E-state index in [1.807, 2.05) is 16.6 Å². The zero-order valence-corrected chi connectivity index (χ0v) is 13.0. The van der Waals surface area contributed by atoms with E-state index in [1.165, 1.54) is 0 Å². The van der Waals surface area contributed by atoms with Crippen LogP contribution >= 0.6 is 15.9 Å². The molecule has 0 aliphatic carbocycles. The van der Waals surface area contributed by atoms with E-state index in [0.717, 1.165) is 48.1 Å². The van der Waals surface area contributed by atoms with Gasteiger partial charge in [0.05, 0.1) is 15.9 Å². The smallest absolute Gasteiger partial charge is 0.320 e. The number of hydrogen-bond acceptors (Lipinski definition) is 3. The molecule has 1 saturated heterocycles. The monoisotopic (exact) mass is 329 g/mol. The van der Waals surface area contributed by atoms with Crippen LogP contribution in [0.15, 0.2) is 4.47 Å². The van der Waals surface area contributed by atoms with Gasteiger partial charge in [-0.3, -0.25) is 14.4 Å². The van der Waals surface area contributed by atoms with Gasteiger partial charge in [-0.15, -0.1) is 0 Å². The molecule has 1 atom stereocenters. The highest BCUT2D eigenvalue weighted by Crippen LogP contribution is 2.26. The van der Waals surface area contributed by atoms with Crippen LogP contribution in [0.4, 0.5) is 0 Å². The van der Waals surface area contributed by atoms with Crippen molar-refractivity contribution in [2.75, 3.05) is 6.54 Å². The number of carboxylic acid groups (broad SMARTS) is 1. The second-order valence-corrected chi connectivity index (χ2v) is 5.80. The van der Waals surface area contributed by atoms with Crippen molar-refractivity contribution in [2.24, 2.45) is 7.05 Å². The molecule has 0 spiro atoms. The molecule has 2 rings (SSSR count). The first-order chi connectivity index (χ1) is 9.04. The molecule has 1 aliphatic heterocycles. The summed E-state index contributed by atoms with van der Waals surface area (Å²) in [5.74, 6) is -0.714. The Morgan fingerprint density at radius 3 is 2.84 bits per heavy atom. The minimum atomic E-state index is -0.714.